The average Bonchev–Trinajstić information content (AvgIpc) is 2.88. The van der Waals surface area contributed by atoms with Crippen molar-refractivity contribution in [1.82, 2.24) is 0 Å². The van der Waals surface area contributed by atoms with E-state index in [1.165, 1.54) is 48.5 Å². The lowest BCUT2D eigenvalue weighted by Crippen LogP contribution is -2.31. The summed E-state index contributed by atoms with van der Waals surface area (Å²) >= 11 is 0. The van der Waals surface area contributed by atoms with Gasteiger partial charge in [0, 0.05) is 0 Å². The van der Waals surface area contributed by atoms with Gasteiger partial charge in [-0.1, -0.05) is 48.5 Å². The smallest absolute Gasteiger partial charge is 0.294 e. The third-order valence-corrected chi connectivity index (χ3v) is 9.81. The van der Waals surface area contributed by atoms with E-state index in [-0.39, 0.29) is 27.7 Å². The van der Waals surface area contributed by atoms with Crippen LogP contribution in [0.4, 0.5) is 0 Å². The third kappa shape index (κ3) is 6.43. The van der Waals surface area contributed by atoms with Crippen molar-refractivity contribution in [3.8, 4) is 0 Å². The van der Waals surface area contributed by atoms with Crippen molar-refractivity contribution in [2.24, 2.45) is 0 Å². The highest BCUT2D eigenvalue weighted by Gasteiger charge is 2.39. The van der Waals surface area contributed by atoms with Gasteiger partial charge in [-0.05, 0) is 70.8 Å². The molecule has 0 atom stereocenters. The molecule has 4 rings (SSSR count). The van der Waals surface area contributed by atoms with E-state index in [9.17, 15) is 51.9 Å². The van der Waals surface area contributed by atoms with Gasteiger partial charge in [0.1, 0.15) is 0 Å². The lowest BCUT2D eigenvalue weighted by Gasteiger charge is -2.37. The summed E-state index contributed by atoms with van der Waals surface area (Å²) in [7, 11) is -18.4. The first-order valence-corrected chi connectivity index (χ1v) is 16.9. The van der Waals surface area contributed by atoms with Gasteiger partial charge in [0.05, 0.1) is 25.0 Å². The molecule has 0 saturated heterocycles. The SMILES string of the molecule is O.O=S(=O)(O)c1ccc(C(c2ccc(S(=O)(=O)O)cc2)(c2ccc(S(=O)(=O)O)cc2)c2ccc(S(=O)(=O)O)cc2)cc1. The molecule has 0 aliphatic rings. The van der Waals surface area contributed by atoms with Crippen LogP contribution in [0.5, 0.6) is 0 Å². The second-order valence-electron chi connectivity index (χ2n) is 8.75. The van der Waals surface area contributed by atoms with Crippen molar-refractivity contribution in [2.45, 2.75) is 25.0 Å². The van der Waals surface area contributed by atoms with E-state index >= 15 is 0 Å². The second kappa shape index (κ2) is 11.3. The van der Waals surface area contributed by atoms with Gasteiger partial charge >= 0.3 is 0 Å². The van der Waals surface area contributed by atoms with Gasteiger partial charge in [0.15, 0.2) is 0 Å². The van der Waals surface area contributed by atoms with Crippen LogP contribution in [0.15, 0.2) is 117 Å². The molecule has 0 spiro atoms. The van der Waals surface area contributed by atoms with Gasteiger partial charge in [0.2, 0.25) is 0 Å². The van der Waals surface area contributed by atoms with Crippen molar-refractivity contribution in [1.29, 1.82) is 0 Å². The van der Waals surface area contributed by atoms with Crippen LogP contribution in [0.1, 0.15) is 22.3 Å². The van der Waals surface area contributed by atoms with Crippen molar-refractivity contribution in [3.63, 3.8) is 0 Å². The van der Waals surface area contributed by atoms with Crippen LogP contribution in [0.2, 0.25) is 0 Å². The molecule has 4 aromatic rings. The van der Waals surface area contributed by atoms with Crippen molar-refractivity contribution >= 4 is 40.5 Å². The van der Waals surface area contributed by atoms with Crippen LogP contribution in [0.25, 0.3) is 0 Å². The lowest BCUT2D eigenvalue weighted by atomic mass is 9.65. The van der Waals surface area contributed by atoms with Crippen molar-refractivity contribution in [2.75, 3.05) is 0 Å². The molecule has 17 heteroatoms. The fraction of sp³-hybridized carbons (Fsp3) is 0.0400. The minimum Gasteiger partial charge on any atom is -0.412 e. The Balaban J connectivity index is 0.00000484. The maximum Gasteiger partial charge on any atom is 0.294 e. The first-order chi connectivity index (χ1) is 18.8. The molecule has 0 heterocycles. The zero-order chi connectivity index (χ0) is 30.4. The van der Waals surface area contributed by atoms with Gasteiger partial charge in [-0.25, -0.2) is 0 Å². The highest BCUT2D eigenvalue weighted by molar-refractivity contribution is 7.86. The predicted molar refractivity (Wildman–Crippen MR) is 148 cm³/mol. The minimum atomic E-state index is -4.61. The molecule has 42 heavy (non-hydrogen) atoms. The number of rotatable bonds is 8. The summed E-state index contributed by atoms with van der Waals surface area (Å²) in [5.74, 6) is 0. The Labute approximate surface area is 241 Å². The Bertz CT molecular complexity index is 1730. The van der Waals surface area contributed by atoms with E-state index in [4.69, 9.17) is 0 Å². The molecule has 0 saturated carbocycles. The summed E-state index contributed by atoms with van der Waals surface area (Å²) in [6.45, 7) is 0. The quantitative estimate of drug-likeness (QED) is 0.157. The maximum atomic E-state index is 11.7. The maximum absolute atomic E-state index is 11.7. The van der Waals surface area contributed by atoms with Crippen LogP contribution < -0.4 is 0 Å². The summed E-state index contributed by atoms with van der Waals surface area (Å²) in [6.07, 6.45) is 0. The first-order valence-electron chi connectivity index (χ1n) is 11.2. The first kappa shape index (κ1) is 33.0. The van der Waals surface area contributed by atoms with E-state index in [2.05, 4.69) is 0 Å². The monoisotopic (exact) mass is 658 g/mol. The van der Waals surface area contributed by atoms with Crippen molar-refractivity contribution in [3.05, 3.63) is 119 Å². The fourth-order valence-electron chi connectivity index (χ4n) is 4.51. The van der Waals surface area contributed by atoms with E-state index in [0.717, 1.165) is 48.5 Å². The van der Waals surface area contributed by atoms with Gasteiger partial charge in [-0.15, -0.1) is 0 Å². The molecule has 0 unspecified atom stereocenters. The summed E-state index contributed by atoms with van der Waals surface area (Å²) < 4.78 is 132. The molecule has 0 aliphatic carbocycles. The van der Waals surface area contributed by atoms with Crippen LogP contribution >= 0.6 is 0 Å². The van der Waals surface area contributed by atoms with Crippen molar-refractivity contribution < 1.29 is 57.4 Å². The largest absolute Gasteiger partial charge is 0.412 e. The lowest BCUT2D eigenvalue weighted by molar-refractivity contribution is 0.481. The standard InChI is InChI=1S/C25H20O12S4.H2O/c26-38(27,28)21-9-1-17(2-10-21)25(18-3-11-22(12-4-18)39(29,30)31,19-5-13-23(14-6-19)40(32,33)34)20-7-15-24(16-8-20)41(35,36)37;/h1-16H,(H,26,27,28)(H,29,30,31)(H,32,33,34)(H,35,36,37);1H2. The Morgan fingerprint density at radius 2 is 0.476 bits per heavy atom. The normalized spacial score (nSPS) is 12.9. The Hall–Kier alpha value is -3.52. The third-order valence-electron chi connectivity index (χ3n) is 6.34. The number of hydrogen-bond donors (Lipinski definition) is 4. The minimum absolute atomic E-state index is 0. The number of benzene rings is 4. The molecule has 224 valence electrons. The summed E-state index contributed by atoms with van der Waals surface area (Å²) in [6, 6.07) is 19.3. The van der Waals surface area contributed by atoms with E-state index < -0.39 is 65.5 Å². The van der Waals surface area contributed by atoms with Crippen LogP contribution in [-0.2, 0) is 45.9 Å². The average molecular weight is 659 g/mol. The van der Waals surface area contributed by atoms with Gasteiger partial charge in [-0.2, -0.15) is 33.7 Å². The molecular weight excluding hydrogens is 637 g/mol. The van der Waals surface area contributed by atoms with E-state index in [0.29, 0.717) is 0 Å². The molecule has 13 nitrogen and oxygen atoms in total. The molecule has 0 bridgehead atoms. The Kier molecular flexibility index (Phi) is 8.86. The molecule has 4 aromatic carbocycles. The van der Waals surface area contributed by atoms with E-state index in [1.807, 2.05) is 0 Å². The van der Waals surface area contributed by atoms with Gasteiger partial charge in [-0.3, -0.25) is 18.2 Å². The topological polar surface area (TPSA) is 249 Å². The summed E-state index contributed by atoms with van der Waals surface area (Å²) in [5, 5.41) is 0. The molecule has 0 amide bonds. The molecule has 0 aromatic heterocycles. The summed E-state index contributed by atoms with van der Waals surface area (Å²) in [5.41, 5.74) is -0.440. The number of hydrogen-bond acceptors (Lipinski definition) is 8. The zero-order valence-corrected chi connectivity index (χ0v) is 24.2. The van der Waals surface area contributed by atoms with Crippen LogP contribution in [0, 0.1) is 0 Å². The zero-order valence-electron chi connectivity index (χ0n) is 20.9. The van der Waals surface area contributed by atoms with Gasteiger partial charge in [0.25, 0.3) is 40.5 Å². The van der Waals surface area contributed by atoms with Crippen LogP contribution in [-0.4, -0.2) is 57.4 Å². The Morgan fingerprint density at radius 1 is 0.333 bits per heavy atom. The van der Waals surface area contributed by atoms with Gasteiger partial charge < -0.3 is 5.48 Å². The second-order valence-corrected chi connectivity index (χ2v) is 14.4. The fourth-order valence-corrected chi connectivity index (χ4v) is 6.43. The molecule has 0 fully saturated rings. The predicted octanol–water partition coefficient (Wildman–Crippen LogP) is 2.23. The molecule has 0 aliphatic heterocycles. The molecule has 0 radical (unpaired) electrons. The molecular formula is C25H22O13S4. The van der Waals surface area contributed by atoms with Crippen LogP contribution in [0.3, 0.4) is 0 Å². The van der Waals surface area contributed by atoms with E-state index in [1.54, 1.807) is 0 Å². The Morgan fingerprint density at radius 3 is 0.595 bits per heavy atom. The highest BCUT2D eigenvalue weighted by atomic mass is 32.2. The molecule has 6 N–H and O–H groups in total. The highest BCUT2D eigenvalue weighted by Crippen LogP contribution is 2.46. The summed E-state index contributed by atoms with van der Waals surface area (Å²) in [4.78, 5) is -1.83.